The number of hydrogen-bond acceptors (Lipinski definition) is 2. The minimum atomic E-state index is -4.16. The van der Waals surface area contributed by atoms with Crippen LogP contribution in [0.2, 0.25) is 0 Å². The van der Waals surface area contributed by atoms with E-state index in [1.165, 1.54) is 10.5 Å². The van der Waals surface area contributed by atoms with Gasteiger partial charge in [0.25, 0.3) is 0 Å². The number of aryl methyl sites for hydroxylation is 1. The van der Waals surface area contributed by atoms with E-state index in [4.69, 9.17) is 5.73 Å². The largest absolute Gasteiger partial charge is 0.401 e. The summed E-state index contributed by atoms with van der Waals surface area (Å²) in [6.07, 6.45) is -0.381. The zero-order valence-corrected chi connectivity index (χ0v) is 12.4. The Morgan fingerprint density at radius 2 is 1.86 bits per heavy atom. The zero-order valence-electron chi connectivity index (χ0n) is 12.4. The highest BCUT2D eigenvalue weighted by Gasteiger charge is 2.38. The molecular formula is C16H23F3N2. The van der Waals surface area contributed by atoms with Gasteiger partial charge in [0.1, 0.15) is 0 Å². The molecule has 0 radical (unpaired) electrons. The normalized spacial score (nSPS) is 17.2. The second kappa shape index (κ2) is 6.79. The highest BCUT2D eigenvalue weighted by atomic mass is 19.4. The van der Waals surface area contributed by atoms with Gasteiger partial charge in [0.15, 0.2) is 0 Å². The van der Waals surface area contributed by atoms with Gasteiger partial charge in [-0.1, -0.05) is 37.6 Å². The second-order valence-corrected chi connectivity index (χ2v) is 5.87. The lowest BCUT2D eigenvalue weighted by atomic mass is 10.0. The highest BCUT2D eigenvalue weighted by molar-refractivity contribution is 5.25. The third-order valence-electron chi connectivity index (χ3n) is 3.82. The van der Waals surface area contributed by atoms with Gasteiger partial charge < -0.3 is 5.73 Å². The zero-order chi connectivity index (χ0) is 15.5. The Morgan fingerprint density at radius 3 is 2.33 bits per heavy atom. The van der Waals surface area contributed by atoms with E-state index in [-0.39, 0.29) is 18.6 Å². The molecule has 1 aromatic rings. The molecule has 118 valence electrons. The van der Waals surface area contributed by atoms with Gasteiger partial charge in [-0.15, -0.1) is 0 Å². The van der Waals surface area contributed by atoms with E-state index < -0.39 is 12.7 Å². The lowest BCUT2D eigenvalue weighted by Gasteiger charge is -2.26. The molecule has 2 N–H and O–H groups in total. The Hall–Kier alpha value is -1.07. The third kappa shape index (κ3) is 5.32. The molecule has 1 aliphatic rings. The van der Waals surface area contributed by atoms with Crippen LogP contribution in [0.3, 0.4) is 0 Å². The van der Waals surface area contributed by atoms with Gasteiger partial charge in [0, 0.05) is 18.6 Å². The molecule has 1 aromatic carbocycles. The maximum Gasteiger partial charge on any atom is 0.401 e. The highest BCUT2D eigenvalue weighted by Crippen LogP contribution is 2.31. The average molecular weight is 300 g/mol. The van der Waals surface area contributed by atoms with Crippen molar-refractivity contribution in [2.45, 2.75) is 50.9 Å². The Labute approximate surface area is 124 Å². The summed E-state index contributed by atoms with van der Waals surface area (Å²) in [5.41, 5.74) is 8.24. The van der Waals surface area contributed by atoms with E-state index in [9.17, 15) is 13.2 Å². The van der Waals surface area contributed by atoms with Gasteiger partial charge in [-0.25, -0.2) is 0 Å². The molecule has 0 saturated heterocycles. The lowest BCUT2D eigenvalue weighted by Crippen LogP contribution is -2.40. The number of nitrogens with two attached hydrogens (primary N) is 1. The molecule has 0 spiro atoms. The Morgan fingerprint density at radius 1 is 1.24 bits per heavy atom. The van der Waals surface area contributed by atoms with Crippen LogP contribution in [-0.4, -0.2) is 30.2 Å². The first kappa shape index (κ1) is 16.3. The summed E-state index contributed by atoms with van der Waals surface area (Å²) >= 11 is 0. The molecule has 2 rings (SSSR count). The van der Waals surface area contributed by atoms with Crippen LogP contribution in [0.1, 0.15) is 43.4 Å². The van der Waals surface area contributed by atoms with Crippen molar-refractivity contribution in [3.63, 3.8) is 0 Å². The monoisotopic (exact) mass is 300 g/mol. The predicted molar refractivity (Wildman–Crippen MR) is 78.0 cm³/mol. The van der Waals surface area contributed by atoms with Crippen LogP contribution < -0.4 is 5.73 Å². The van der Waals surface area contributed by atoms with E-state index in [0.29, 0.717) is 0 Å². The van der Waals surface area contributed by atoms with Crippen LogP contribution in [0.4, 0.5) is 13.2 Å². The number of rotatable bonds is 7. The Bertz CT molecular complexity index is 438. The molecule has 2 nitrogen and oxygen atoms in total. The van der Waals surface area contributed by atoms with Gasteiger partial charge in [0.05, 0.1) is 6.54 Å². The smallest absolute Gasteiger partial charge is 0.323 e. The molecule has 1 fully saturated rings. The van der Waals surface area contributed by atoms with E-state index in [0.717, 1.165) is 31.2 Å². The van der Waals surface area contributed by atoms with Crippen LogP contribution in [0.5, 0.6) is 0 Å². The van der Waals surface area contributed by atoms with Crippen molar-refractivity contribution in [2.24, 2.45) is 5.73 Å². The molecule has 1 atom stereocenters. The Kier molecular flexibility index (Phi) is 5.27. The molecule has 21 heavy (non-hydrogen) atoms. The van der Waals surface area contributed by atoms with Crippen molar-refractivity contribution in [3.8, 4) is 0 Å². The van der Waals surface area contributed by atoms with Crippen molar-refractivity contribution < 1.29 is 13.2 Å². The van der Waals surface area contributed by atoms with E-state index in [1.54, 1.807) is 0 Å². The molecule has 0 aliphatic heterocycles. The van der Waals surface area contributed by atoms with Crippen LogP contribution in [0, 0.1) is 0 Å². The van der Waals surface area contributed by atoms with Crippen molar-refractivity contribution in [3.05, 3.63) is 35.4 Å². The third-order valence-corrected chi connectivity index (χ3v) is 3.82. The maximum atomic E-state index is 12.6. The fourth-order valence-electron chi connectivity index (χ4n) is 2.59. The van der Waals surface area contributed by atoms with Gasteiger partial charge in [-0.3, -0.25) is 4.90 Å². The van der Waals surface area contributed by atoms with E-state index >= 15 is 0 Å². The first-order chi connectivity index (χ1) is 9.89. The van der Waals surface area contributed by atoms with Gasteiger partial charge in [-0.05, 0) is 30.4 Å². The van der Waals surface area contributed by atoms with E-state index in [1.807, 2.05) is 24.3 Å². The number of benzene rings is 1. The average Bonchev–Trinajstić information content (AvgIpc) is 3.22. The molecule has 0 amide bonds. The molecule has 0 heterocycles. The molecule has 5 heteroatoms. The van der Waals surface area contributed by atoms with Crippen molar-refractivity contribution in [2.75, 3.05) is 13.1 Å². The quantitative estimate of drug-likeness (QED) is 0.832. The summed E-state index contributed by atoms with van der Waals surface area (Å²) in [6, 6.07) is 7.59. The number of nitrogens with zero attached hydrogens (tertiary/aromatic N) is 1. The van der Waals surface area contributed by atoms with Crippen molar-refractivity contribution >= 4 is 0 Å². The Balaban J connectivity index is 1.96. The molecule has 0 bridgehead atoms. The van der Waals surface area contributed by atoms with Crippen molar-refractivity contribution in [1.29, 1.82) is 0 Å². The van der Waals surface area contributed by atoms with Crippen LogP contribution in [-0.2, 0) is 6.42 Å². The lowest BCUT2D eigenvalue weighted by molar-refractivity contribution is -0.147. The molecular weight excluding hydrogens is 277 g/mol. The summed E-state index contributed by atoms with van der Waals surface area (Å²) in [5.74, 6) is 0. The summed E-state index contributed by atoms with van der Waals surface area (Å²) in [6.45, 7) is 1.51. The summed E-state index contributed by atoms with van der Waals surface area (Å²) in [7, 11) is 0. The molecule has 1 unspecified atom stereocenters. The van der Waals surface area contributed by atoms with Crippen LogP contribution >= 0.6 is 0 Å². The van der Waals surface area contributed by atoms with Gasteiger partial charge in [0.2, 0.25) is 0 Å². The van der Waals surface area contributed by atoms with Gasteiger partial charge in [-0.2, -0.15) is 13.2 Å². The topological polar surface area (TPSA) is 29.3 Å². The fourth-order valence-corrected chi connectivity index (χ4v) is 2.59. The summed E-state index contributed by atoms with van der Waals surface area (Å²) in [5, 5.41) is 0. The van der Waals surface area contributed by atoms with E-state index in [2.05, 4.69) is 6.92 Å². The van der Waals surface area contributed by atoms with Crippen LogP contribution in [0.15, 0.2) is 24.3 Å². The van der Waals surface area contributed by atoms with Gasteiger partial charge >= 0.3 is 6.18 Å². The maximum absolute atomic E-state index is 12.6. The first-order valence-electron chi connectivity index (χ1n) is 7.54. The second-order valence-electron chi connectivity index (χ2n) is 5.87. The number of hydrogen-bond donors (Lipinski definition) is 1. The molecule has 0 aromatic heterocycles. The predicted octanol–water partition coefficient (Wildman–Crippen LogP) is 3.67. The number of halogens is 3. The van der Waals surface area contributed by atoms with Crippen LogP contribution in [0.25, 0.3) is 0 Å². The summed E-state index contributed by atoms with van der Waals surface area (Å²) < 4.78 is 37.8. The van der Waals surface area contributed by atoms with Crippen molar-refractivity contribution in [1.82, 2.24) is 4.90 Å². The minimum Gasteiger partial charge on any atom is -0.323 e. The summed E-state index contributed by atoms with van der Waals surface area (Å²) in [4.78, 5) is 1.48. The first-order valence-corrected chi connectivity index (χ1v) is 7.54. The standard InChI is InChI=1S/C16H23F3N2/c1-2-3-12-4-6-13(7-5-12)15(20)10-21(14-8-9-14)11-16(17,18)19/h4-7,14-15H,2-3,8-11,20H2,1H3. The molecule has 1 saturated carbocycles. The SMILES string of the molecule is CCCc1ccc(C(N)CN(CC(F)(F)F)C2CC2)cc1. The number of alkyl halides is 3. The molecule has 1 aliphatic carbocycles. The minimum absolute atomic E-state index is 0.0528. The fraction of sp³-hybridized carbons (Fsp3) is 0.625.